The molecule has 5 rings (SSSR count). The Balaban J connectivity index is 1.25. The van der Waals surface area contributed by atoms with Gasteiger partial charge in [-0.3, -0.25) is 19.6 Å². The van der Waals surface area contributed by atoms with Gasteiger partial charge in [-0.15, -0.1) is 5.10 Å². The number of halogens is 2. The second-order valence-corrected chi connectivity index (χ2v) is 8.15. The summed E-state index contributed by atoms with van der Waals surface area (Å²) >= 11 is 0. The number of nitrogens with one attached hydrogen (secondary N) is 2. The molecule has 1 fully saturated rings. The third-order valence-corrected chi connectivity index (χ3v) is 5.82. The zero-order chi connectivity index (χ0) is 22.5. The first kappa shape index (κ1) is 20.3. The number of rotatable bonds is 5. The summed E-state index contributed by atoms with van der Waals surface area (Å²) in [7, 11) is 1.54. The van der Waals surface area contributed by atoms with Gasteiger partial charge in [0.25, 0.3) is 17.7 Å². The molecule has 0 spiro atoms. The van der Waals surface area contributed by atoms with Gasteiger partial charge < -0.3 is 5.32 Å². The van der Waals surface area contributed by atoms with E-state index in [1.54, 1.807) is 11.7 Å². The van der Waals surface area contributed by atoms with Gasteiger partial charge in [0.05, 0.1) is 11.6 Å². The van der Waals surface area contributed by atoms with Crippen LogP contribution in [0.5, 0.6) is 0 Å². The Kier molecular flexibility index (Phi) is 4.75. The first-order chi connectivity index (χ1) is 15.3. The third kappa shape index (κ3) is 3.74. The summed E-state index contributed by atoms with van der Waals surface area (Å²) in [5.74, 6) is -3.61. The number of anilines is 1. The maximum absolute atomic E-state index is 13.4. The smallest absolute Gasteiger partial charge is 0.291 e. The van der Waals surface area contributed by atoms with Crippen LogP contribution in [0.2, 0.25) is 0 Å². The summed E-state index contributed by atoms with van der Waals surface area (Å²) in [5.41, 5.74) is 1.31. The second kappa shape index (κ2) is 7.50. The number of aryl methyl sites for hydroxylation is 1. The van der Waals surface area contributed by atoms with E-state index >= 15 is 0 Å². The molecule has 2 N–H and O–H groups in total. The fraction of sp³-hybridized carbons (Fsp3) is 0.381. The van der Waals surface area contributed by atoms with Crippen molar-refractivity contribution in [2.24, 2.45) is 0 Å². The molecule has 3 aromatic rings. The van der Waals surface area contributed by atoms with Crippen LogP contribution >= 0.6 is 0 Å². The highest BCUT2D eigenvalue weighted by molar-refractivity contribution is 6.00. The number of alkyl halides is 2. The number of benzene rings is 1. The van der Waals surface area contributed by atoms with E-state index in [-0.39, 0.29) is 24.6 Å². The molecule has 1 aliphatic heterocycles. The van der Waals surface area contributed by atoms with Crippen LogP contribution in [0, 0.1) is 0 Å². The lowest BCUT2D eigenvalue weighted by Gasteiger charge is -2.19. The normalized spacial score (nSPS) is 21.7. The molecule has 0 bridgehead atoms. The Labute approximate surface area is 181 Å². The van der Waals surface area contributed by atoms with Gasteiger partial charge in [0, 0.05) is 32.5 Å². The predicted molar refractivity (Wildman–Crippen MR) is 109 cm³/mol. The summed E-state index contributed by atoms with van der Waals surface area (Å²) < 4.78 is 28.3. The number of aromatic nitrogens is 5. The van der Waals surface area contributed by atoms with Gasteiger partial charge in [0.15, 0.2) is 0 Å². The minimum Gasteiger partial charge on any atom is -0.337 e. The minimum atomic E-state index is -2.73. The molecule has 3 heterocycles. The topological polar surface area (TPSA) is 109 Å². The van der Waals surface area contributed by atoms with E-state index in [1.807, 2.05) is 30.3 Å². The Bertz CT molecular complexity index is 1170. The number of aromatic amines is 1. The molecular weight excluding hydrogens is 420 g/mol. The van der Waals surface area contributed by atoms with Crippen LogP contribution in [0.15, 0.2) is 36.4 Å². The lowest BCUT2D eigenvalue weighted by Crippen LogP contribution is -2.47. The highest BCUT2D eigenvalue weighted by Gasteiger charge is 2.59. The van der Waals surface area contributed by atoms with Crippen molar-refractivity contribution in [2.75, 3.05) is 11.9 Å². The van der Waals surface area contributed by atoms with Crippen LogP contribution < -0.4 is 10.2 Å². The molecule has 0 unspecified atom stereocenters. The van der Waals surface area contributed by atoms with Crippen molar-refractivity contribution in [3.8, 4) is 0 Å². The van der Waals surface area contributed by atoms with Crippen molar-refractivity contribution in [3.63, 3.8) is 0 Å². The summed E-state index contributed by atoms with van der Waals surface area (Å²) in [5, 5.41) is 13.7. The van der Waals surface area contributed by atoms with Crippen LogP contribution in [0.3, 0.4) is 0 Å². The fourth-order valence-corrected chi connectivity index (χ4v) is 3.91. The number of hydrogen-bond donors (Lipinski definition) is 2. The van der Waals surface area contributed by atoms with E-state index in [2.05, 4.69) is 25.6 Å². The first-order valence-corrected chi connectivity index (χ1v) is 10.3. The molecule has 0 saturated heterocycles. The maximum atomic E-state index is 13.4. The first-order valence-electron chi connectivity index (χ1n) is 10.3. The average Bonchev–Trinajstić information content (AvgIpc) is 3.12. The molecular formula is C21H21F2N7O2. The summed E-state index contributed by atoms with van der Waals surface area (Å²) in [6.07, 6.45) is 0.545. The number of fused-ring (bicyclic) bond motifs is 1. The van der Waals surface area contributed by atoms with Gasteiger partial charge in [0.2, 0.25) is 5.82 Å². The predicted octanol–water partition coefficient (Wildman–Crippen LogP) is 1.88. The van der Waals surface area contributed by atoms with E-state index in [9.17, 15) is 18.4 Å². The lowest BCUT2D eigenvalue weighted by molar-refractivity contribution is -0.120. The molecule has 1 aliphatic carbocycles. The Morgan fingerprint density at radius 3 is 2.78 bits per heavy atom. The van der Waals surface area contributed by atoms with Crippen LogP contribution in [0.4, 0.5) is 14.6 Å². The van der Waals surface area contributed by atoms with Gasteiger partial charge in [-0.1, -0.05) is 30.3 Å². The van der Waals surface area contributed by atoms with Crippen LogP contribution in [-0.2, 0) is 17.8 Å². The van der Waals surface area contributed by atoms with E-state index in [0.717, 1.165) is 5.56 Å². The molecule has 2 aliphatic rings. The molecule has 1 saturated carbocycles. The number of amides is 2. The number of hydrogen-bond acceptors (Lipinski definition) is 5. The van der Waals surface area contributed by atoms with Crippen molar-refractivity contribution >= 4 is 17.6 Å². The standard InChI is InChI=1S/C21H21F2N7O2/c1-29-17-10-15(13-11-21(13,22)23)28-30(17)8-7-14(20(29)32)24-19(31)18-25-16(26-27-18)9-12-5-3-2-4-6-12/h2-6,10,13-14H,7-9,11H2,1H3,(H,24,31)(H,25,26,27)/t13-,14-/m1/s1. The van der Waals surface area contributed by atoms with E-state index in [1.165, 1.54) is 11.0 Å². The van der Waals surface area contributed by atoms with Gasteiger partial charge >= 0.3 is 0 Å². The van der Waals surface area contributed by atoms with Crippen molar-refractivity contribution in [2.45, 2.75) is 43.7 Å². The van der Waals surface area contributed by atoms with Crippen LogP contribution in [0.25, 0.3) is 0 Å². The quantitative estimate of drug-likeness (QED) is 0.629. The molecule has 2 amide bonds. The lowest BCUT2D eigenvalue weighted by atomic mass is 10.1. The van der Waals surface area contributed by atoms with Gasteiger partial charge in [-0.2, -0.15) is 5.10 Å². The Morgan fingerprint density at radius 1 is 1.31 bits per heavy atom. The zero-order valence-electron chi connectivity index (χ0n) is 17.3. The van der Waals surface area contributed by atoms with E-state index in [0.29, 0.717) is 30.3 Å². The van der Waals surface area contributed by atoms with Crippen molar-refractivity contribution < 1.29 is 18.4 Å². The van der Waals surface area contributed by atoms with Crippen LogP contribution in [-0.4, -0.2) is 55.8 Å². The summed E-state index contributed by atoms with van der Waals surface area (Å²) in [4.78, 5) is 31.1. The van der Waals surface area contributed by atoms with Crippen LogP contribution in [0.1, 0.15) is 46.5 Å². The monoisotopic (exact) mass is 441 g/mol. The van der Waals surface area contributed by atoms with Gasteiger partial charge in [0.1, 0.15) is 17.7 Å². The molecule has 9 nitrogen and oxygen atoms in total. The summed E-state index contributed by atoms with van der Waals surface area (Å²) in [6.45, 7) is 0.307. The van der Waals surface area contributed by atoms with Gasteiger partial charge in [-0.25, -0.2) is 18.4 Å². The number of H-pyrrole nitrogens is 1. The molecule has 2 atom stereocenters. The van der Waals surface area contributed by atoms with E-state index < -0.39 is 23.8 Å². The minimum absolute atomic E-state index is 0.0494. The number of carbonyl (C=O) groups excluding carboxylic acids is 2. The van der Waals surface area contributed by atoms with Crippen molar-refractivity contribution in [1.82, 2.24) is 30.3 Å². The molecule has 11 heteroatoms. The Morgan fingerprint density at radius 2 is 2.06 bits per heavy atom. The second-order valence-electron chi connectivity index (χ2n) is 8.15. The highest BCUT2D eigenvalue weighted by atomic mass is 19.3. The highest BCUT2D eigenvalue weighted by Crippen LogP contribution is 2.55. The summed E-state index contributed by atoms with van der Waals surface area (Å²) in [6, 6.07) is 10.4. The van der Waals surface area contributed by atoms with Gasteiger partial charge in [-0.05, 0) is 12.0 Å². The Hall–Kier alpha value is -3.63. The molecule has 0 radical (unpaired) electrons. The largest absolute Gasteiger partial charge is 0.337 e. The maximum Gasteiger partial charge on any atom is 0.291 e. The van der Waals surface area contributed by atoms with E-state index in [4.69, 9.17) is 0 Å². The molecule has 1 aromatic carbocycles. The number of carbonyl (C=O) groups is 2. The third-order valence-electron chi connectivity index (χ3n) is 5.82. The average molecular weight is 441 g/mol. The number of nitrogens with zero attached hydrogens (tertiary/aromatic N) is 5. The molecule has 2 aromatic heterocycles. The number of likely N-dealkylation sites (N-methyl/N-ethyl adjacent to an activating group) is 1. The van der Waals surface area contributed by atoms with Crippen molar-refractivity contribution in [1.29, 1.82) is 0 Å². The molecule has 166 valence electrons. The van der Waals surface area contributed by atoms with Crippen molar-refractivity contribution in [3.05, 3.63) is 59.3 Å². The molecule has 32 heavy (non-hydrogen) atoms. The SMILES string of the molecule is CN1C(=O)[C@H](NC(=O)c2n[nH]c(Cc3ccccc3)n2)CCn2nc([C@H]3CC3(F)F)cc21. The zero-order valence-corrected chi connectivity index (χ0v) is 17.3. The fourth-order valence-electron chi connectivity index (χ4n) is 3.91.